The first-order chi connectivity index (χ1) is 10.4. The summed E-state index contributed by atoms with van der Waals surface area (Å²) < 4.78 is 13.4. The van der Waals surface area contributed by atoms with Gasteiger partial charge in [-0.15, -0.1) is 0 Å². The van der Waals surface area contributed by atoms with E-state index in [0.717, 1.165) is 0 Å². The SMILES string of the molecule is CC(=O)N(C)c1ccc(F)cc1NC(=O)c1ccc(Cl)cc1. The molecule has 0 aliphatic carbocycles. The van der Waals surface area contributed by atoms with Crippen molar-refractivity contribution in [2.24, 2.45) is 0 Å². The number of carbonyl (C=O) groups excluding carboxylic acids is 2. The van der Waals surface area contributed by atoms with Gasteiger partial charge in [-0.1, -0.05) is 11.6 Å². The molecule has 0 fully saturated rings. The topological polar surface area (TPSA) is 49.4 Å². The molecule has 0 spiro atoms. The summed E-state index contributed by atoms with van der Waals surface area (Å²) in [7, 11) is 1.55. The second-order valence-electron chi connectivity index (χ2n) is 4.70. The van der Waals surface area contributed by atoms with Crippen LogP contribution in [0.1, 0.15) is 17.3 Å². The van der Waals surface area contributed by atoms with E-state index >= 15 is 0 Å². The molecule has 2 amide bonds. The fraction of sp³-hybridized carbons (Fsp3) is 0.125. The zero-order valence-electron chi connectivity index (χ0n) is 12.1. The van der Waals surface area contributed by atoms with E-state index in [1.165, 1.54) is 30.0 Å². The van der Waals surface area contributed by atoms with Crippen molar-refractivity contribution in [1.29, 1.82) is 0 Å². The first-order valence-electron chi connectivity index (χ1n) is 6.49. The van der Waals surface area contributed by atoms with Gasteiger partial charge in [0.15, 0.2) is 0 Å². The van der Waals surface area contributed by atoms with Gasteiger partial charge in [-0.2, -0.15) is 0 Å². The Bertz CT molecular complexity index is 717. The van der Waals surface area contributed by atoms with E-state index in [0.29, 0.717) is 16.3 Å². The van der Waals surface area contributed by atoms with Gasteiger partial charge in [0.25, 0.3) is 5.91 Å². The minimum atomic E-state index is -0.507. The molecule has 2 aromatic carbocycles. The van der Waals surface area contributed by atoms with Gasteiger partial charge in [-0.3, -0.25) is 9.59 Å². The van der Waals surface area contributed by atoms with Crippen molar-refractivity contribution in [2.75, 3.05) is 17.3 Å². The summed E-state index contributed by atoms with van der Waals surface area (Å²) in [6, 6.07) is 10.1. The van der Waals surface area contributed by atoms with Crippen LogP contribution in [-0.2, 0) is 4.79 Å². The van der Waals surface area contributed by atoms with E-state index in [-0.39, 0.29) is 11.6 Å². The lowest BCUT2D eigenvalue weighted by Crippen LogP contribution is -2.25. The third-order valence-electron chi connectivity index (χ3n) is 3.15. The van der Waals surface area contributed by atoms with Crippen molar-refractivity contribution in [3.8, 4) is 0 Å². The molecular formula is C16H14ClFN2O2. The van der Waals surface area contributed by atoms with Gasteiger partial charge in [0.1, 0.15) is 5.82 Å². The second kappa shape index (κ2) is 6.58. The number of halogens is 2. The first-order valence-corrected chi connectivity index (χ1v) is 6.87. The Morgan fingerprint density at radius 2 is 1.77 bits per heavy atom. The number of benzene rings is 2. The van der Waals surface area contributed by atoms with Crippen LogP contribution in [0, 0.1) is 5.82 Å². The predicted octanol–water partition coefficient (Wildman–Crippen LogP) is 3.71. The number of amides is 2. The van der Waals surface area contributed by atoms with Crippen molar-refractivity contribution in [1.82, 2.24) is 0 Å². The maximum atomic E-state index is 13.4. The van der Waals surface area contributed by atoms with Crippen LogP contribution >= 0.6 is 11.6 Å². The zero-order valence-corrected chi connectivity index (χ0v) is 12.8. The minimum absolute atomic E-state index is 0.220. The average molecular weight is 321 g/mol. The van der Waals surface area contributed by atoms with E-state index < -0.39 is 11.7 Å². The van der Waals surface area contributed by atoms with Gasteiger partial charge in [-0.05, 0) is 42.5 Å². The van der Waals surface area contributed by atoms with Gasteiger partial charge < -0.3 is 10.2 Å². The molecule has 0 saturated heterocycles. The molecule has 22 heavy (non-hydrogen) atoms. The summed E-state index contributed by atoms with van der Waals surface area (Å²) >= 11 is 5.77. The Labute approximate surface area is 132 Å². The largest absolute Gasteiger partial charge is 0.320 e. The molecule has 0 bridgehead atoms. The summed E-state index contributed by atoms with van der Waals surface area (Å²) in [5.74, 6) is -1.15. The van der Waals surface area contributed by atoms with Crippen LogP contribution in [0.3, 0.4) is 0 Å². The summed E-state index contributed by atoms with van der Waals surface area (Å²) in [5.41, 5.74) is 1.01. The molecule has 0 aliphatic rings. The van der Waals surface area contributed by atoms with Crippen LogP contribution in [0.2, 0.25) is 5.02 Å². The number of carbonyl (C=O) groups is 2. The molecular weight excluding hydrogens is 307 g/mol. The molecule has 4 nitrogen and oxygen atoms in total. The molecule has 0 aromatic heterocycles. The molecule has 0 radical (unpaired) electrons. The van der Waals surface area contributed by atoms with Crippen molar-refractivity contribution in [2.45, 2.75) is 6.92 Å². The van der Waals surface area contributed by atoms with Crippen LogP contribution in [0.5, 0.6) is 0 Å². The summed E-state index contributed by atoms with van der Waals surface area (Å²) in [4.78, 5) is 25.0. The van der Waals surface area contributed by atoms with Crippen molar-refractivity contribution >= 4 is 34.8 Å². The molecule has 114 valence electrons. The van der Waals surface area contributed by atoms with Crippen LogP contribution < -0.4 is 10.2 Å². The van der Waals surface area contributed by atoms with Gasteiger partial charge >= 0.3 is 0 Å². The number of nitrogens with zero attached hydrogens (tertiary/aromatic N) is 1. The highest BCUT2D eigenvalue weighted by Gasteiger charge is 2.15. The summed E-state index contributed by atoms with van der Waals surface area (Å²) in [5, 5.41) is 3.12. The fourth-order valence-electron chi connectivity index (χ4n) is 1.87. The summed E-state index contributed by atoms with van der Waals surface area (Å²) in [6.45, 7) is 1.38. The zero-order chi connectivity index (χ0) is 16.3. The van der Waals surface area contributed by atoms with E-state index in [4.69, 9.17) is 11.6 Å². The molecule has 0 atom stereocenters. The van der Waals surface area contributed by atoms with Crippen LogP contribution in [0.15, 0.2) is 42.5 Å². The molecule has 2 rings (SSSR count). The maximum Gasteiger partial charge on any atom is 0.255 e. The van der Waals surface area contributed by atoms with Crippen LogP contribution in [-0.4, -0.2) is 18.9 Å². The maximum absolute atomic E-state index is 13.4. The minimum Gasteiger partial charge on any atom is -0.320 e. The highest BCUT2D eigenvalue weighted by molar-refractivity contribution is 6.30. The highest BCUT2D eigenvalue weighted by Crippen LogP contribution is 2.27. The highest BCUT2D eigenvalue weighted by atomic mass is 35.5. The second-order valence-corrected chi connectivity index (χ2v) is 5.14. The lowest BCUT2D eigenvalue weighted by Gasteiger charge is -2.19. The van der Waals surface area contributed by atoms with Gasteiger partial charge in [0.05, 0.1) is 11.4 Å². The smallest absolute Gasteiger partial charge is 0.255 e. The number of hydrogen-bond acceptors (Lipinski definition) is 2. The Kier molecular flexibility index (Phi) is 4.78. The quantitative estimate of drug-likeness (QED) is 0.937. The van der Waals surface area contributed by atoms with Crippen LogP contribution in [0.25, 0.3) is 0 Å². The van der Waals surface area contributed by atoms with E-state index in [9.17, 15) is 14.0 Å². The van der Waals surface area contributed by atoms with Crippen molar-refractivity contribution in [3.63, 3.8) is 0 Å². The molecule has 6 heteroatoms. The summed E-state index contributed by atoms with van der Waals surface area (Å²) in [6.07, 6.45) is 0. The van der Waals surface area contributed by atoms with Crippen molar-refractivity contribution in [3.05, 3.63) is 58.9 Å². The molecule has 0 unspecified atom stereocenters. The third-order valence-corrected chi connectivity index (χ3v) is 3.40. The van der Waals surface area contributed by atoms with Gasteiger partial charge in [0, 0.05) is 24.6 Å². The van der Waals surface area contributed by atoms with E-state index in [2.05, 4.69) is 5.32 Å². The lowest BCUT2D eigenvalue weighted by molar-refractivity contribution is -0.116. The lowest BCUT2D eigenvalue weighted by atomic mass is 10.2. The Balaban J connectivity index is 2.32. The Morgan fingerprint density at radius 1 is 1.14 bits per heavy atom. The van der Waals surface area contributed by atoms with Gasteiger partial charge in [0.2, 0.25) is 5.91 Å². The number of hydrogen-bond donors (Lipinski definition) is 1. The monoisotopic (exact) mass is 320 g/mol. The van der Waals surface area contributed by atoms with Crippen LogP contribution in [0.4, 0.5) is 15.8 Å². The Morgan fingerprint density at radius 3 is 2.36 bits per heavy atom. The van der Waals surface area contributed by atoms with Crippen molar-refractivity contribution < 1.29 is 14.0 Å². The molecule has 0 aliphatic heterocycles. The predicted molar refractivity (Wildman–Crippen MR) is 84.9 cm³/mol. The Hall–Kier alpha value is -2.40. The molecule has 2 aromatic rings. The average Bonchev–Trinajstić information content (AvgIpc) is 2.47. The number of anilines is 2. The first kappa shape index (κ1) is 16.0. The molecule has 0 heterocycles. The van der Waals surface area contributed by atoms with Gasteiger partial charge in [-0.25, -0.2) is 4.39 Å². The molecule has 1 N–H and O–H groups in total. The standard InChI is InChI=1S/C16H14ClFN2O2/c1-10(21)20(2)15-8-7-13(18)9-14(15)19-16(22)11-3-5-12(17)6-4-11/h3-9H,1-2H3,(H,19,22). The number of rotatable bonds is 3. The van der Waals surface area contributed by atoms with E-state index in [1.807, 2.05) is 0 Å². The number of nitrogens with one attached hydrogen (secondary N) is 1. The normalized spacial score (nSPS) is 10.2. The third kappa shape index (κ3) is 3.62. The van der Waals surface area contributed by atoms with E-state index in [1.54, 1.807) is 31.3 Å². The molecule has 0 saturated carbocycles. The fourth-order valence-corrected chi connectivity index (χ4v) is 1.99.